The van der Waals surface area contributed by atoms with Gasteiger partial charge in [-0.05, 0) is 24.3 Å². The van der Waals surface area contributed by atoms with Gasteiger partial charge in [0.25, 0.3) is 5.91 Å². The van der Waals surface area contributed by atoms with Gasteiger partial charge in [-0.25, -0.2) is 5.43 Å². The summed E-state index contributed by atoms with van der Waals surface area (Å²) in [6, 6.07) is 9.82. The van der Waals surface area contributed by atoms with Crippen LogP contribution in [0.5, 0.6) is 17.2 Å². The van der Waals surface area contributed by atoms with Gasteiger partial charge in [0, 0.05) is 30.3 Å². The van der Waals surface area contributed by atoms with Gasteiger partial charge in [0.1, 0.15) is 17.2 Å². The van der Waals surface area contributed by atoms with E-state index in [-0.39, 0.29) is 5.91 Å². The summed E-state index contributed by atoms with van der Waals surface area (Å²) in [7, 11) is 4.57. The summed E-state index contributed by atoms with van der Waals surface area (Å²) in [5.41, 5.74) is 4.00. The maximum Gasteiger partial charge on any atom is 0.271 e. The predicted octanol–water partition coefficient (Wildman–Crippen LogP) is 2.43. The smallest absolute Gasteiger partial charge is 0.271 e. The Bertz CT molecular complexity index is 822. The van der Waals surface area contributed by atoms with Gasteiger partial charge in [-0.2, -0.15) is 5.10 Å². The lowest BCUT2D eigenvalue weighted by atomic mass is 10.2. The number of ether oxygens (including phenoxy) is 3. The van der Waals surface area contributed by atoms with Crippen molar-refractivity contribution in [3.8, 4) is 17.2 Å². The molecular weight excluding hydrogens is 350 g/mol. The van der Waals surface area contributed by atoms with Crippen LogP contribution in [0.3, 0.4) is 0 Å². The fourth-order valence-corrected chi connectivity index (χ4v) is 2.29. The number of hydrazone groups is 1. The van der Waals surface area contributed by atoms with Gasteiger partial charge in [-0.1, -0.05) is 0 Å². The Labute approximate surface area is 157 Å². The van der Waals surface area contributed by atoms with E-state index in [2.05, 4.69) is 15.8 Å². The fraction of sp³-hybridized carbons (Fsp3) is 0.211. The maximum atomic E-state index is 12.2. The quantitative estimate of drug-likeness (QED) is 0.575. The van der Waals surface area contributed by atoms with Crippen molar-refractivity contribution in [3.05, 3.63) is 47.5 Å². The molecule has 2 aromatic carbocycles. The van der Waals surface area contributed by atoms with Crippen LogP contribution in [0.25, 0.3) is 0 Å². The van der Waals surface area contributed by atoms with Gasteiger partial charge in [-0.3, -0.25) is 9.59 Å². The van der Waals surface area contributed by atoms with E-state index in [0.717, 1.165) is 0 Å². The van der Waals surface area contributed by atoms with Crippen molar-refractivity contribution < 1.29 is 23.8 Å². The van der Waals surface area contributed by atoms with Crippen LogP contribution in [0.2, 0.25) is 0 Å². The van der Waals surface area contributed by atoms with Crippen molar-refractivity contribution >= 4 is 23.7 Å². The number of nitrogens with zero attached hydrogens (tertiary/aromatic N) is 1. The van der Waals surface area contributed by atoms with E-state index in [0.29, 0.717) is 34.1 Å². The molecule has 0 radical (unpaired) electrons. The summed E-state index contributed by atoms with van der Waals surface area (Å²) >= 11 is 0. The Kier molecular flexibility index (Phi) is 6.76. The lowest BCUT2D eigenvalue weighted by Crippen LogP contribution is -2.17. The normalized spacial score (nSPS) is 10.4. The van der Waals surface area contributed by atoms with Crippen LogP contribution >= 0.6 is 0 Å². The number of amides is 2. The summed E-state index contributed by atoms with van der Waals surface area (Å²) in [5.74, 6) is 0.975. The first-order valence-electron chi connectivity index (χ1n) is 7.99. The highest BCUT2D eigenvalue weighted by Crippen LogP contribution is 2.32. The van der Waals surface area contributed by atoms with Crippen LogP contribution in [-0.2, 0) is 4.79 Å². The summed E-state index contributed by atoms with van der Waals surface area (Å²) in [5, 5.41) is 6.60. The zero-order valence-electron chi connectivity index (χ0n) is 15.5. The second kappa shape index (κ2) is 9.23. The Hall–Kier alpha value is -3.55. The number of carbonyl (C=O) groups excluding carboxylic acids is 2. The molecule has 0 aliphatic rings. The summed E-state index contributed by atoms with van der Waals surface area (Å²) in [6.45, 7) is 1.41. The highest BCUT2D eigenvalue weighted by atomic mass is 16.5. The average molecular weight is 371 g/mol. The minimum absolute atomic E-state index is 0.181. The molecule has 0 unspecified atom stereocenters. The minimum Gasteiger partial charge on any atom is -0.496 e. The minimum atomic E-state index is -0.396. The molecule has 2 amide bonds. The molecule has 0 atom stereocenters. The number of hydrogen-bond donors (Lipinski definition) is 2. The number of hydrogen-bond acceptors (Lipinski definition) is 6. The Morgan fingerprint density at radius 2 is 1.56 bits per heavy atom. The Morgan fingerprint density at radius 1 is 0.963 bits per heavy atom. The lowest BCUT2D eigenvalue weighted by Gasteiger charge is -2.12. The standard InChI is InChI=1S/C19H21N3O5/c1-12(23)21-14-7-5-13(6-8-14)19(24)22-20-11-16-17(26-3)9-15(25-2)10-18(16)27-4/h5-11H,1-4H3,(H,21,23)(H,22,24). The zero-order valence-corrected chi connectivity index (χ0v) is 15.5. The van der Waals surface area contributed by atoms with Gasteiger partial charge in [0.15, 0.2) is 0 Å². The molecule has 8 heteroatoms. The number of carbonyl (C=O) groups is 2. The molecular formula is C19H21N3O5. The monoisotopic (exact) mass is 371 g/mol. The number of benzene rings is 2. The van der Waals surface area contributed by atoms with Crippen molar-refractivity contribution in [2.45, 2.75) is 6.92 Å². The van der Waals surface area contributed by atoms with Gasteiger partial charge >= 0.3 is 0 Å². The highest BCUT2D eigenvalue weighted by Gasteiger charge is 2.12. The topological polar surface area (TPSA) is 98.3 Å². The summed E-state index contributed by atoms with van der Waals surface area (Å²) in [4.78, 5) is 23.2. The third-order valence-corrected chi connectivity index (χ3v) is 3.58. The van der Waals surface area contributed by atoms with Gasteiger partial charge < -0.3 is 19.5 Å². The molecule has 0 aliphatic heterocycles. The Balaban J connectivity index is 2.12. The van der Waals surface area contributed by atoms with Crippen LogP contribution in [0, 0.1) is 0 Å². The van der Waals surface area contributed by atoms with E-state index in [1.165, 1.54) is 27.4 Å². The van der Waals surface area contributed by atoms with Crippen molar-refractivity contribution in [1.29, 1.82) is 0 Å². The maximum absolute atomic E-state index is 12.2. The third kappa shape index (κ3) is 5.21. The molecule has 8 nitrogen and oxygen atoms in total. The third-order valence-electron chi connectivity index (χ3n) is 3.58. The first-order chi connectivity index (χ1) is 13.0. The first kappa shape index (κ1) is 19.8. The number of nitrogens with one attached hydrogen (secondary N) is 2. The van der Waals surface area contributed by atoms with E-state index in [9.17, 15) is 9.59 Å². The van der Waals surface area contributed by atoms with Crippen LogP contribution < -0.4 is 25.0 Å². The van der Waals surface area contributed by atoms with E-state index >= 15 is 0 Å². The molecule has 0 aliphatic carbocycles. The van der Waals surface area contributed by atoms with Crippen molar-refractivity contribution in [2.75, 3.05) is 26.6 Å². The van der Waals surface area contributed by atoms with Crippen molar-refractivity contribution in [3.63, 3.8) is 0 Å². The van der Waals surface area contributed by atoms with E-state index in [1.54, 1.807) is 43.5 Å². The number of methoxy groups -OCH3 is 3. The van der Waals surface area contributed by atoms with Gasteiger partial charge in [-0.15, -0.1) is 0 Å². The SMILES string of the molecule is COc1cc(OC)c(C=NNC(=O)c2ccc(NC(C)=O)cc2)c(OC)c1. The molecule has 0 fully saturated rings. The van der Waals surface area contributed by atoms with Crippen molar-refractivity contribution in [2.24, 2.45) is 5.10 Å². The van der Waals surface area contributed by atoms with E-state index in [1.807, 2.05) is 0 Å². The number of rotatable bonds is 7. The molecule has 0 bridgehead atoms. The molecule has 0 spiro atoms. The van der Waals surface area contributed by atoms with Gasteiger partial charge in [0.2, 0.25) is 5.91 Å². The molecule has 142 valence electrons. The summed E-state index contributed by atoms with van der Waals surface area (Å²) in [6.07, 6.45) is 1.43. The number of anilines is 1. The predicted molar refractivity (Wildman–Crippen MR) is 102 cm³/mol. The van der Waals surface area contributed by atoms with Crippen LogP contribution in [0.15, 0.2) is 41.5 Å². The van der Waals surface area contributed by atoms with Crippen LogP contribution in [0.4, 0.5) is 5.69 Å². The molecule has 2 N–H and O–H groups in total. The molecule has 2 aromatic rings. The molecule has 0 heterocycles. The molecule has 0 saturated heterocycles. The van der Waals surface area contributed by atoms with Crippen LogP contribution in [0.1, 0.15) is 22.8 Å². The molecule has 27 heavy (non-hydrogen) atoms. The molecule has 0 aromatic heterocycles. The fourth-order valence-electron chi connectivity index (χ4n) is 2.29. The van der Waals surface area contributed by atoms with E-state index in [4.69, 9.17) is 14.2 Å². The second-order valence-electron chi connectivity index (χ2n) is 5.40. The first-order valence-corrected chi connectivity index (χ1v) is 7.99. The average Bonchev–Trinajstić information content (AvgIpc) is 2.67. The highest BCUT2D eigenvalue weighted by molar-refractivity contribution is 5.96. The van der Waals surface area contributed by atoms with Crippen molar-refractivity contribution in [1.82, 2.24) is 5.43 Å². The second-order valence-corrected chi connectivity index (χ2v) is 5.40. The Morgan fingerprint density at radius 3 is 2.04 bits per heavy atom. The summed E-state index contributed by atoms with van der Waals surface area (Å²) < 4.78 is 15.8. The van der Waals surface area contributed by atoms with Crippen LogP contribution in [-0.4, -0.2) is 39.4 Å². The van der Waals surface area contributed by atoms with E-state index < -0.39 is 5.91 Å². The molecule has 0 saturated carbocycles. The van der Waals surface area contributed by atoms with Gasteiger partial charge in [0.05, 0.1) is 33.1 Å². The lowest BCUT2D eigenvalue weighted by molar-refractivity contribution is -0.114. The molecule has 2 rings (SSSR count). The largest absolute Gasteiger partial charge is 0.496 e. The zero-order chi connectivity index (χ0) is 19.8.